The lowest BCUT2D eigenvalue weighted by atomic mass is 10.0. The van der Waals surface area contributed by atoms with E-state index < -0.39 is 0 Å². The Morgan fingerprint density at radius 1 is 1.30 bits per heavy atom. The molecular formula is C15H23ClN2O2. The van der Waals surface area contributed by atoms with Crippen molar-refractivity contribution in [3.8, 4) is 0 Å². The van der Waals surface area contributed by atoms with Crippen LogP contribution in [0.25, 0.3) is 0 Å². The van der Waals surface area contributed by atoms with Gasteiger partial charge in [0, 0.05) is 24.2 Å². The monoisotopic (exact) mass is 298 g/mol. The summed E-state index contributed by atoms with van der Waals surface area (Å²) in [5.74, 6) is 0.296. The molecule has 1 unspecified atom stereocenters. The summed E-state index contributed by atoms with van der Waals surface area (Å²) >= 11 is 5.81. The number of aliphatic hydroxyl groups is 1. The summed E-state index contributed by atoms with van der Waals surface area (Å²) in [5.41, 5.74) is 1.13. The number of amides is 2. The first-order valence-electron chi connectivity index (χ1n) is 6.92. The fourth-order valence-electron chi connectivity index (χ4n) is 1.90. The lowest BCUT2D eigenvalue weighted by Crippen LogP contribution is -2.45. The van der Waals surface area contributed by atoms with Gasteiger partial charge in [-0.05, 0) is 36.5 Å². The molecular weight excluding hydrogens is 276 g/mol. The number of hydrogen-bond donors (Lipinski definition) is 3. The van der Waals surface area contributed by atoms with E-state index in [9.17, 15) is 4.79 Å². The molecule has 1 aromatic carbocycles. The average molecular weight is 299 g/mol. The molecule has 0 saturated carbocycles. The molecule has 0 bridgehead atoms. The average Bonchev–Trinajstić information content (AvgIpc) is 2.40. The van der Waals surface area contributed by atoms with E-state index >= 15 is 0 Å². The maximum Gasteiger partial charge on any atom is 0.315 e. The van der Waals surface area contributed by atoms with Crippen LogP contribution < -0.4 is 10.6 Å². The Morgan fingerprint density at radius 3 is 2.50 bits per heavy atom. The minimum absolute atomic E-state index is 0.00414. The standard InChI is InChI=1S/C15H23ClN2O2/c1-11(2)14(8-10-19)18-15(20)17-9-7-12-3-5-13(16)6-4-12/h3-6,11,14,19H,7-10H2,1-2H3,(H2,17,18,20). The first kappa shape index (κ1) is 16.8. The van der Waals surface area contributed by atoms with E-state index in [1.807, 2.05) is 38.1 Å². The Kier molecular flexibility index (Phi) is 7.41. The van der Waals surface area contributed by atoms with Crippen LogP contribution in [0, 0.1) is 5.92 Å². The van der Waals surface area contributed by atoms with Gasteiger partial charge < -0.3 is 15.7 Å². The van der Waals surface area contributed by atoms with E-state index in [0.29, 0.717) is 23.9 Å². The minimum Gasteiger partial charge on any atom is -0.396 e. The van der Waals surface area contributed by atoms with Gasteiger partial charge in [0.05, 0.1) is 0 Å². The van der Waals surface area contributed by atoms with Crippen molar-refractivity contribution in [2.75, 3.05) is 13.2 Å². The highest BCUT2D eigenvalue weighted by Gasteiger charge is 2.14. The summed E-state index contributed by atoms with van der Waals surface area (Å²) in [5, 5.41) is 15.4. The molecule has 0 aliphatic heterocycles. The molecule has 20 heavy (non-hydrogen) atoms. The number of nitrogens with one attached hydrogen (secondary N) is 2. The molecule has 0 spiro atoms. The summed E-state index contributed by atoms with van der Waals surface area (Å²) < 4.78 is 0. The van der Waals surface area contributed by atoms with Crippen LogP contribution in [-0.4, -0.2) is 30.3 Å². The van der Waals surface area contributed by atoms with Crippen LogP contribution in [-0.2, 0) is 6.42 Å². The van der Waals surface area contributed by atoms with E-state index in [2.05, 4.69) is 10.6 Å². The molecule has 0 heterocycles. The van der Waals surface area contributed by atoms with E-state index in [0.717, 1.165) is 12.0 Å². The zero-order valence-electron chi connectivity index (χ0n) is 12.0. The number of carbonyl (C=O) groups is 1. The molecule has 1 atom stereocenters. The molecule has 4 nitrogen and oxygen atoms in total. The third-order valence-corrected chi connectivity index (χ3v) is 3.43. The van der Waals surface area contributed by atoms with Gasteiger partial charge in [0.1, 0.15) is 0 Å². The maximum absolute atomic E-state index is 11.8. The highest BCUT2D eigenvalue weighted by Crippen LogP contribution is 2.09. The molecule has 2 amide bonds. The lowest BCUT2D eigenvalue weighted by Gasteiger charge is -2.21. The van der Waals surface area contributed by atoms with Crippen LogP contribution in [0.2, 0.25) is 5.02 Å². The highest BCUT2D eigenvalue weighted by molar-refractivity contribution is 6.30. The van der Waals surface area contributed by atoms with Crippen molar-refractivity contribution >= 4 is 17.6 Å². The Balaban J connectivity index is 2.30. The summed E-state index contributed by atoms with van der Waals surface area (Å²) in [7, 11) is 0. The molecule has 112 valence electrons. The summed E-state index contributed by atoms with van der Waals surface area (Å²) in [6.07, 6.45) is 1.33. The van der Waals surface area contributed by atoms with Gasteiger partial charge in [-0.15, -0.1) is 0 Å². The topological polar surface area (TPSA) is 61.4 Å². The van der Waals surface area contributed by atoms with E-state index in [1.54, 1.807) is 0 Å². The Hall–Kier alpha value is -1.26. The second kappa shape index (κ2) is 8.82. The second-order valence-corrected chi connectivity index (χ2v) is 5.58. The molecule has 1 rings (SSSR count). The van der Waals surface area contributed by atoms with Crippen molar-refractivity contribution in [1.82, 2.24) is 10.6 Å². The quantitative estimate of drug-likeness (QED) is 0.724. The van der Waals surface area contributed by atoms with E-state index in [-0.39, 0.29) is 18.7 Å². The number of halogens is 1. The third-order valence-electron chi connectivity index (χ3n) is 3.17. The first-order chi connectivity index (χ1) is 9.52. The maximum atomic E-state index is 11.8. The van der Waals surface area contributed by atoms with Gasteiger partial charge in [-0.3, -0.25) is 0 Å². The van der Waals surface area contributed by atoms with Gasteiger partial charge in [0.25, 0.3) is 0 Å². The van der Waals surface area contributed by atoms with E-state index in [4.69, 9.17) is 16.7 Å². The molecule has 1 aromatic rings. The van der Waals surface area contributed by atoms with Gasteiger partial charge in [0.15, 0.2) is 0 Å². The lowest BCUT2D eigenvalue weighted by molar-refractivity contribution is 0.219. The number of rotatable bonds is 7. The number of hydrogen-bond acceptors (Lipinski definition) is 2. The Morgan fingerprint density at radius 2 is 1.95 bits per heavy atom. The van der Waals surface area contributed by atoms with Crippen LogP contribution >= 0.6 is 11.6 Å². The van der Waals surface area contributed by atoms with Crippen LogP contribution in [0.5, 0.6) is 0 Å². The van der Waals surface area contributed by atoms with Crippen molar-refractivity contribution in [2.45, 2.75) is 32.7 Å². The fraction of sp³-hybridized carbons (Fsp3) is 0.533. The van der Waals surface area contributed by atoms with Crippen LogP contribution in [0.15, 0.2) is 24.3 Å². The molecule has 0 fully saturated rings. The molecule has 0 radical (unpaired) electrons. The smallest absolute Gasteiger partial charge is 0.315 e. The fourth-order valence-corrected chi connectivity index (χ4v) is 2.03. The number of benzene rings is 1. The second-order valence-electron chi connectivity index (χ2n) is 5.14. The van der Waals surface area contributed by atoms with Gasteiger partial charge in [0.2, 0.25) is 0 Å². The van der Waals surface area contributed by atoms with Gasteiger partial charge in [-0.1, -0.05) is 37.6 Å². The predicted molar refractivity (Wildman–Crippen MR) is 82.0 cm³/mol. The molecule has 0 saturated heterocycles. The summed E-state index contributed by atoms with van der Waals surface area (Å²) in [6.45, 7) is 4.69. The minimum atomic E-state index is -0.189. The highest BCUT2D eigenvalue weighted by atomic mass is 35.5. The third kappa shape index (κ3) is 6.26. The number of aliphatic hydroxyl groups excluding tert-OH is 1. The SMILES string of the molecule is CC(C)C(CCO)NC(=O)NCCc1ccc(Cl)cc1. The van der Waals surface area contributed by atoms with Crippen molar-refractivity contribution < 1.29 is 9.90 Å². The molecule has 0 aromatic heterocycles. The Labute approximate surface area is 125 Å². The van der Waals surface area contributed by atoms with Crippen LogP contribution in [0.4, 0.5) is 4.79 Å². The van der Waals surface area contributed by atoms with Crippen molar-refractivity contribution in [3.63, 3.8) is 0 Å². The molecule has 0 aliphatic rings. The van der Waals surface area contributed by atoms with Gasteiger partial charge >= 0.3 is 6.03 Å². The molecule has 3 N–H and O–H groups in total. The zero-order valence-corrected chi connectivity index (χ0v) is 12.8. The molecule has 0 aliphatic carbocycles. The zero-order chi connectivity index (χ0) is 15.0. The van der Waals surface area contributed by atoms with Crippen LogP contribution in [0.1, 0.15) is 25.8 Å². The first-order valence-corrected chi connectivity index (χ1v) is 7.30. The van der Waals surface area contributed by atoms with Crippen molar-refractivity contribution in [2.24, 2.45) is 5.92 Å². The van der Waals surface area contributed by atoms with E-state index in [1.165, 1.54) is 0 Å². The normalized spacial score (nSPS) is 12.2. The molecule has 5 heteroatoms. The largest absolute Gasteiger partial charge is 0.396 e. The van der Waals surface area contributed by atoms with Crippen molar-refractivity contribution in [1.29, 1.82) is 0 Å². The van der Waals surface area contributed by atoms with Crippen molar-refractivity contribution in [3.05, 3.63) is 34.9 Å². The predicted octanol–water partition coefficient (Wildman–Crippen LogP) is 2.59. The summed E-state index contributed by atoms with van der Waals surface area (Å²) in [4.78, 5) is 11.8. The van der Waals surface area contributed by atoms with Crippen LogP contribution in [0.3, 0.4) is 0 Å². The summed E-state index contributed by atoms with van der Waals surface area (Å²) in [6, 6.07) is 7.39. The number of urea groups is 1. The van der Waals surface area contributed by atoms with Gasteiger partial charge in [-0.25, -0.2) is 4.79 Å². The van der Waals surface area contributed by atoms with Gasteiger partial charge in [-0.2, -0.15) is 0 Å². The number of carbonyl (C=O) groups excluding carboxylic acids is 1. The Bertz CT molecular complexity index is 407.